The Balaban J connectivity index is 2.21. The van der Waals surface area contributed by atoms with Gasteiger partial charge in [-0.15, -0.1) is 0 Å². The van der Waals surface area contributed by atoms with Gasteiger partial charge in [0.1, 0.15) is 0 Å². The van der Waals surface area contributed by atoms with Crippen LogP contribution < -0.4 is 0 Å². The first kappa shape index (κ1) is 13.8. The largest absolute Gasteiger partial charge is 0.227 e. The summed E-state index contributed by atoms with van der Waals surface area (Å²) < 4.78 is 0. The molecule has 1 aromatic carbocycles. The predicted molar refractivity (Wildman–Crippen MR) is 80.3 cm³/mol. The molecule has 3 heteroatoms. The normalized spacial score (nSPS) is 12.8. The van der Waals surface area contributed by atoms with Crippen LogP contribution in [0.1, 0.15) is 36.6 Å². The summed E-state index contributed by atoms with van der Waals surface area (Å²) >= 11 is 5.84. The second-order valence-corrected chi connectivity index (χ2v) is 4.89. The van der Waals surface area contributed by atoms with Crippen molar-refractivity contribution in [2.24, 2.45) is 0 Å². The van der Waals surface area contributed by atoms with Crippen molar-refractivity contribution in [1.29, 1.82) is 0 Å². The van der Waals surface area contributed by atoms with Crippen molar-refractivity contribution in [3.8, 4) is 0 Å². The smallest absolute Gasteiger partial charge is 0.222 e. The van der Waals surface area contributed by atoms with Gasteiger partial charge in [-0.05, 0) is 42.1 Å². The molecule has 1 aromatic heterocycles. The van der Waals surface area contributed by atoms with E-state index in [0.717, 1.165) is 12.1 Å². The van der Waals surface area contributed by atoms with Crippen LogP contribution >= 0.6 is 11.6 Å². The molecule has 0 N–H and O–H groups in total. The molecular weight excluding hydrogens is 256 g/mol. The Morgan fingerprint density at radius 3 is 2.79 bits per heavy atom. The SMILES string of the molecule is CC=Cc1ccccc1CC(C)c1ccnc(Cl)n1. The molecule has 0 spiro atoms. The van der Waals surface area contributed by atoms with Crippen LogP contribution in [0.2, 0.25) is 5.28 Å². The van der Waals surface area contributed by atoms with Gasteiger partial charge in [0.05, 0.1) is 0 Å². The van der Waals surface area contributed by atoms with Crippen molar-refractivity contribution in [2.75, 3.05) is 0 Å². The van der Waals surface area contributed by atoms with Crippen molar-refractivity contribution in [2.45, 2.75) is 26.2 Å². The van der Waals surface area contributed by atoms with Crippen LogP contribution in [-0.2, 0) is 6.42 Å². The Bertz CT molecular complexity index is 578. The fourth-order valence-electron chi connectivity index (χ4n) is 2.12. The van der Waals surface area contributed by atoms with Gasteiger partial charge in [0, 0.05) is 17.8 Å². The second kappa shape index (κ2) is 6.48. The highest BCUT2D eigenvalue weighted by Gasteiger charge is 2.10. The Hall–Kier alpha value is -1.67. The summed E-state index contributed by atoms with van der Waals surface area (Å²) in [5.74, 6) is 0.312. The summed E-state index contributed by atoms with van der Waals surface area (Å²) in [6, 6.07) is 10.4. The van der Waals surface area contributed by atoms with Crippen molar-refractivity contribution in [3.05, 3.63) is 64.7 Å². The van der Waals surface area contributed by atoms with E-state index >= 15 is 0 Å². The van der Waals surface area contributed by atoms with E-state index in [1.165, 1.54) is 11.1 Å². The van der Waals surface area contributed by atoms with E-state index in [0.29, 0.717) is 11.2 Å². The zero-order valence-electron chi connectivity index (χ0n) is 11.2. The number of halogens is 1. The number of rotatable bonds is 4. The Morgan fingerprint density at radius 1 is 1.26 bits per heavy atom. The van der Waals surface area contributed by atoms with Gasteiger partial charge in [-0.25, -0.2) is 9.97 Å². The molecular formula is C16H17ClN2. The van der Waals surface area contributed by atoms with E-state index in [4.69, 9.17) is 11.6 Å². The quantitative estimate of drug-likeness (QED) is 0.766. The number of hydrogen-bond acceptors (Lipinski definition) is 2. The number of hydrogen-bond donors (Lipinski definition) is 0. The minimum atomic E-state index is 0.311. The molecule has 1 atom stereocenters. The van der Waals surface area contributed by atoms with Crippen LogP contribution in [-0.4, -0.2) is 9.97 Å². The zero-order chi connectivity index (χ0) is 13.7. The van der Waals surface area contributed by atoms with E-state index < -0.39 is 0 Å². The second-order valence-electron chi connectivity index (χ2n) is 4.55. The first-order valence-electron chi connectivity index (χ1n) is 6.39. The molecule has 0 fully saturated rings. The monoisotopic (exact) mass is 272 g/mol. The van der Waals surface area contributed by atoms with Crippen molar-refractivity contribution in [1.82, 2.24) is 9.97 Å². The molecule has 2 rings (SSSR count). The lowest BCUT2D eigenvalue weighted by Crippen LogP contribution is -2.03. The van der Waals surface area contributed by atoms with Gasteiger partial charge in [-0.2, -0.15) is 0 Å². The summed E-state index contributed by atoms with van der Waals surface area (Å²) in [5, 5.41) is 0.311. The fourth-order valence-corrected chi connectivity index (χ4v) is 2.27. The van der Waals surface area contributed by atoms with Gasteiger partial charge >= 0.3 is 0 Å². The third kappa shape index (κ3) is 3.65. The summed E-state index contributed by atoms with van der Waals surface area (Å²) in [5.41, 5.74) is 3.56. The number of aromatic nitrogens is 2. The molecule has 0 bridgehead atoms. The fraction of sp³-hybridized carbons (Fsp3) is 0.250. The summed E-state index contributed by atoms with van der Waals surface area (Å²) in [7, 11) is 0. The predicted octanol–water partition coefficient (Wildman–Crippen LogP) is 4.51. The maximum absolute atomic E-state index is 5.84. The lowest BCUT2D eigenvalue weighted by atomic mass is 9.94. The average Bonchev–Trinajstić information content (AvgIpc) is 2.41. The molecule has 0 saturated carbocycles. The van der Waals surface area contributed by atoms with Crippen LogP contribution in [0.3, 0.4) is 0 Å². The lowest BCUT2D eigenvalue weighted by molar-refractivity contribution is 0.725. The topological polar surface area (TPSA) is 25.8 Å². The maximum Gasteiger partial charge on any atom is 0.222 e. The average molecular weight is 273 g/mol. The molecule has 19 heavy (non-hydrogen) atoms. The first-order valence-corrected chi connectivity index (χ1v) is 6.77. The zero-order valence-corrected chi connectivity index (χ0v) is 11.9. The molecule has 0 amide bonds. The van der Waals surface area contributed by atoms with Crippen molar-refractivity contribution < 1.29 is 0 Å². The first-order chi connectivity index (χ1) is 9.20. The van der Waals surface area contributed by atoms with Crippen LogP contribution in [0.15, 0.2) is 42.6 Å². The Kier molecular flexibility index (Phi) is 4.69. The molecule has 98 valence electrons. The van der Waals surface area contributed by atoms with Gasteiger partial charge in [-0.1, -0.05) is 43.3 Å². The van der Waals surface area contributed by atoms with Gasteiger partial charge < -0.3 is 0 Å². The third-order valence-corrected chi connectivity index (χ3v) is 3.26. The summed E-state index contributed by atoms with van der Waals surface area (Å²) in [6.07, 6.45) is 6.84. The number of nitrogens with zero attached hydrogens (tertiary/aromatic N) is 2. The van der Waals surface area contributed by atoms with E-state index in [9.17, 15) is 0 Å². The minimum Gasteiger partial charge on any atom is -0.227 e. The molecule has 0 saturated heterocycles. The molecule has 2 aromatic rings. The highest BCUT2D eigenvalue weighted by molar-refractivity contribution is 6.28. The molecule has 0 radical (unpaired) electrons. The number of benzene rings is 1. The van der Waals surface area contributed by atoms with Crippen molar-refractivity contribution >= 4 is 17.7 Å². The highest BCUT2D eigenvalue weighted by atomic mass is 35.5. The van der Waals surface area contributed by atoms with Crippen LogP contribution in [0.25, 0.3) is 6.08 Å². The molecule has 1 heterocycles. The molecule has 0 aliphatic carbocycles. The Labute approximate surface area is 119 Å². The standard InChI is InChI=1S/C16H17ClN2/c1-3-6-13-7-4-5-8-14(13)11-12(2)15-9-10-18-16(17)19-15/h3-10,12H,11H2,1-2H3. The van der Waals surface area contributed by atoms with Crippen molar-refractivity contribution in [3.63, 3.8) is 0 Å². The highest BCUT2D eigenvalue weighted by Crippen LogP contribution is 2.22. The summed E-state index contributed by atoms with van der Waals surface area (Å²) in [4.78, 5) is 8.20. The van der Waals surface area contributed by atoms with E-state index in [1.54, 1.807) is 6.20 Å². The maximum atomic E-state index is 5.84. The third-order valence-electron chi connectivity index (χ3n) is 3.08. The van der Waals surface area contributed by atoms with Crippen LogP contribution in [0.5, 0.6) is 0 Å². The van der Waals surface area contributed by atoms with Crippen LogP contribution in [0, 0.1) is 0 Å². The number of allylic oxidation sites excluding steroid dienone is 1. The molecule has 1 unspecified atom stereocenters. The van der Waals surface area contributed by atoms with Gasteiger partial charge in [-0.3, -0.25) is 0 Å². The van der Waals surface area contributed by atoms with E-state index in [-0.39, 0.29) is 0 Å². The van der Waals surface area contributed by atoms with E-state index in [2.05, 4.69) is 53.3 Å². The van der Waals surface area contributed by atoms with Gasteiger partial charge in [0.15, 0.2) is 0 Å². The molecule has 2 nitrogen and oxygen atoms in total. The molecule has 0 aliphatic heterocycles. The van der Waals surface area contributed by atoms with Gasteiger partial charge in [0.25, 0.3) is 0 Å². The summed E-state index contributed by atoms with van der Waals surface area (Å²) in [6.45, 7) is 4.19. The van der Waals surface area contributed by atoms with Crippen LogP contribution in [0.4, 0.5) is 0 Å². The minimum absolute atomic E-state index is 0.311. The Morgan fingerprint density at radius 2 is 2.05 bits per heavy atom. The lowest BCUT2D eigenvalue weighted by Gasteiger charge is -2.13. The van der Waals surface area contributed by atoms with E-state index in [1.807, 2.05) is 13.0 Å². The molecule has 0 aliphatic rings. The van der Waals surface area contributed by atoms with Gasteiger partial charge in [0.2, 0.25) is 5.28 Å².